The Morgan fingerprint density at radius 3 is 2.47 bits per heavy atom. The van der Waals surface area contributed by atoms with Crippen molar-refractivity contribution in [1.29, 1.82) is 0 Å². The summed E-state index contributed by atoms with van der Waals surface area (Å²) in [6.45, 7) is 0. The molecule has 0 bridgehead atoms. The van der Waals surface area contributed by atoms with Gasteiger partial charge in [0, 0.05) is 32.7 Å². The second-order valence-electron chi connectivity index (χ2n) is 3.97. The van der Waals surface area contributed by atoms with E-state index in [0.29, 0.717) is 11.1 Å². The second kappa shape index (κ2) is 6.50. The zero-order valence-electron chi connectivity index (χ0n) is 9.93. The molecule has 0 N–H and O–H groups in total. The molecule has 19 heavy (non-hydrogen) atoms. The number of thiophene rings is 1. The first-order valence-corrected chi connectivity index (χ1v) is 7.91. The highest BCUT2D eigenvalue weighted by molar-refractivity contribution is 9.10. The van der Waals surface area contributed by atoms with Crippen molar-refractivity contribution in [3.63, 3.8) is 0 Å². The number of Topliss-reactive ketones (excluding diaryl/α,β-unsaturated/α-hetero) is 1. The number of carbonyl (C=O) groups excluding carboxylic acids is 2. The Morgan fingerprint density at radius 2 is 1.84 bits per heavy atom. The van der Waals surface area contributed by atoms with Crippen LogP contribution in [0.2, 0.25) is 0 Å². The SMILES string of the molecule is O=C(CS)Cc1sccc1C(=O)c1ccc(Br)cc1. The van der Waals surface area contributed by atoms with E-state index in [-0.39, 0.29) is 23.7 Å². The van der Waals surface area contributed by atoms with E-state index in [2.05, 4.69) is 28.6 Å². The van der Waals surface area contributed by atoms with E-state index in [1.165, 1.54) is 11.3 Å². The Labute approximate surface area is 129 Å². The average Bonchev–Trinajstić information content (AvgIpc) is 2.86. The van der Waals surface area contributed by atoms with Crippen molar-refractivity contribution in [2.45, 2.75) is 6.42 Å². The predicted octanol–water partition coefficient (Wildman–Crippen LogP) is 3.78. The van der Waals surface area contributed by atoms with Crippen molar-refractivity contribution in [1.82, 2.24) is 0 Å². The minimum absolute atomic E-state index is 0.0237. The molecule has 1 heterocycles. The summed E-state index contributed by atoms with van der Waals surface area (Å²) in [6, 6.07) is 8.98. The lowest BCUT2D eigenvalue weighted by Gasteiger charge is -2.03. The van der Waals surface area contributed by atoms with Crippen LogP contribution in [-0.2, 0) is 11.2 Å². The molecule has 98 valence electrons. The Morgan fingerprint density at radius 1 is 1.16 bits per heavy atom. The normalized spacial score (nSPS) is 10.4. The van der Waals surface area contributed by atoms with Crippen LogP contribution in [0.5, 0.6) is 0 Å². The van der Waals surface area contributed by atoms with Gasteiger partial charge in [-0.25, -0.2) is 0 Å². The molecule has 2 nitrogen and oxygen atoms in total. The fraction of sp³-hybridized carbons (Fsp3) is 0.143. The molecule has 2 rings (SSSR count). The Bertz CT molecular complexity index is 602. The van der Waals surface area contributed by atoms with Gasteiger partial charge < -0.3 is 0 Å². The van der Waals surface area contributed by atoms with E-state index in [1.54, 1.807) is 18.2 Å². The van der Waals surface area contributed by atoms with Gasteiger partial charge in [0.05, 0.1) is 0 Å². The molecule has 0 amide bonds. The molecule has 0 aliphatic rings. The summed E-state index contributed by atoms with van der Waals surface area (Å²) in [6.07, 6.45) is 0.277. The molecule has 0 atom stereocenters. The first-order chi connectivity index (χ1) is 9.11. The molecule has 0 saturated carbocycles. The Kier molecular flexibility index (Phi) is 4.96. The van der Waals surface area contributed by atoms with Crippen molar-refractivity contribution in [2.24, 2.45) is 0 Å². The van der Waals surface area contributed by atoms with Crippen LogP contribution in [0.4, 0.5) is 0 Å². The highest BCUT2D eigenvalue weighted by Gasteiger charge is 2.16. The van der Waals surface area contributed by atoms with Crippen LogP contribution in [0, 0.1) is 0 Å². The molecule has 0 saturated heterocycles. The average molecular weight is 355 g/mol. The lowest BCUT2D eigenvalue weighted by atomic mass is 10.0. The number of halogens is 1. The molecule has 0 radical (unpaired) electrons. The van der Waals surface area contributed by atoms with Crippen LogP contribution in [-0.4, -0.2) is 17.3 Å². The van der Waals surface area contributed by atoms with Crippen molar-refractivity contribution < 1.29 is 9.59 Å². The van der Waals surface area contributed by atoms with Crippen molar-refractivity contribution >= 4 is 51.5 Å². The molecule has 1 aromatic heterocycles. The summed E-state index contributed by atoms with van der Waals surface area (Å²) in [4.78, 5) is 24.6. The third-order valence-corrected chi connectivity index (χ3v) is 4.43. The van der Waals surface area contributed by atoms with E-state index >= 15 is 0 Å². The van der Waals surface area contributed by atoms with Gasteiger partial charge in [0.2, 0.25) is 0 Å². The number of rotatable bonds is 5. The van der Waals surface area contributed by atoms with E-state index < -0.39 is 0 Å². The standard InChI is InChI=1S/C14H11BrO2S2/c15-10-3-1-9(2-4-10)14(17)12-5-6-19-13(12)7-11(16)8-18/h1-6,18H,7-8H2. The van der Waals surface area contributed by atoms with Crippen LogP contribution in [0.1, 0.15) is 20.8 Å². The van der Waals surface area contributed by atoms with E-state index in [1.807, 2.05) is 17.5 Å². The van der Waals surface area contributed by atoms with Gasteiger partial charge in [-0.2, -0.15) is 12.6 Å². The summed E-state index contributed by atoms with van der Waals surface area (Å²) in [7, 11) is 0. The highest BCUT2D eigenvalue weighted by atomic mass is 79.9. The van der Waals surface area contributed by atoms with Crippen LogP contribution >= 0.6 is 39.9 Å². The van der Waals surface area contributed by atoms with Gasteiger partial charge in [-0.05, 0) is 35.7 Å². The van der Waals surface area contributed by atoms with Crippen LogP contribution in [0.3, 0.4) is 0 Å². The number of ketones is 2. The molecule has 5 heteroatoms. The zero-order valence-corrected chi connectivity index (χ0v) is 13.2. The van der Waals surface area contributed by atoms with Crippen molar-refractivity contribution in [2.75, 3.05) is 5.75 Å². The number of thiol groups is 1. The topological polar surface area (TPSA) is 34.1 Å². The van der Waals surface area contributed by atoms with Gasteiger partial charge >= 0.3 is 0 Å². The van der Waals surface area contributed by atoms with Gasteiger partial charge in [-0.3, -0.25) is 9.59 Å². The molecule has 2 aromatic rings. The van der Waals surface area contributed by atoms with E-state index in [4.69, 9.17) is 0 Å². The number of benzene rings is 1. The maximum absolute atomic E-state index is 12.4. The largest absolute Gasteiger partial charge is 0.298 e. The number of hydrogen-bond donors (Lipinski definition) is 1. The van der Waals surface area contributed by atoms with Gasteiger partial charge in [0.25, 0.3) is 0 Å². The number of carbonyl (C=O) groups is 2. The number of hydrogen-bond acceptors (Lipinski definition) is 4. The van der Waals surface area contributed by atoms with Crippen molar-refractivity contribution in [3.8, 4) is 0 Å². The maximum Gasteiger partial charge on any atom is 0.194 e. The summed E-state index contributed by atoms with van der Waals surface area (Å²) in [5.74, 6) is 0.176. The second-order valence-corrected chi connectivity index (χ2v) is 6.20. The molecule has 1 aromatic carbocycles. The van der Waals surface area contributed by atoms with Gasteiger partial charge in [-0.15, -0.1) is 11.3 Å². The zero-order chi connectivity index (χ0) is 13.8. The first-order valence-electron chi connectivity index (χ1n) is 5.61. The molecular formula is C14H11BrO2S2. The predicted molar refractivity (Wildman–Crippen MR) is 84.5 cm³/mol. The minimum atomic E-state index is -0.0456. The van der Waals surface area contributed by atoms with E-state index in [0.717, 1.165) is 9.35 Å². The van der Waals surface area contributed by atoms with Crippen molar-refractivity contribution in [3.05, 3.63) is 56.2 Å². The monoisotopic (exact) mass is 354 g/mol. The molecule has 0 aliphatic carbocycles. The van der Waals surface area contributed by atoms with Crippen LogP contribution in [0.25, 0.3) is 0 Å². The molecule has 0 unspecified atom stereocenters. The molecule has 0 spiro atoms. The summed E-state index contributed by atoms with van der Waals surface area (Å²) in [5.41, 5.74) is 1.24. The Balaban J connectivity index is 2.27. The third kappa shape index (κ3) is 3.55. The highest BCUT2D eigenvalue weighted by Crippen LogP contribution is 2.22. The molecule has 0 fully saturated rings. The first kappa shape index (κ1) is 14.5. The fourth-order valence-electron chi connectivity index (χ4n) is 1.67. The smallest absolute Gasteiger partial charge is 0.194 e. The van der Waals surface area contributed by atoms with Gasteiger partial charge in [0.1, 0.15) is 5.78 Å². The van der Waals surface area contributed by atoms with Gasteiger partial charge in [-0.1, -0.05) is 15.9 Å². The lowest BCUT2D eigenvalue weighted by Crippen LogP contribution is -2.08. The minimum Gasteiger partial charge on any atom is -0.298 e. The van der Waals surface area contributed by atoms with Crippen LogP contribution < -0.4 is 0 Å². The van der Waals surface area contributed by atoms with E-state index in [9.17, 15) is 9.59 Å². The summed E-state index contributed by atoms with van der Waals surface area (Å²) < 4.78 is 0.930. The van der Waals surface area contributed by atoms with Gasteiger partial charge in [0.15, 0.2) is 5.78 Å². The molecular weight excluding hydrogens is 344 g/mol. The lowest BCUT2D eigenvalue weighted by molar-refractivity contribution is -0.115. The Hall–Kier alpha value is -0.910. The fourth-order valence-corrected chi connectivity index (χ4v) is 2.95. The molecule has 0 aliphatic heterocycles. The third-order valence-electron chi connectivity index (χ3n) is 2.63. The summed E-state index contributed by atoms with van der Waals surface area (Å²) >= 11 is 8.73. The van der Waals surface area contributed by atoms with Crippen LogP contribution in [0.15, 0.2) is 40.2 Å². The quantitative estimate of drug-likeness (QED) is 0.654. The maximum atomic E-state index is 12.4. The summed E-state index contributed by atoms with van der Waals surface area (Å²) in [5, 5.41) is 1.84.